The molecule has 0 bridgehead atoms. The van der Waals surface area contributed by atoms with Crippen LogP contribution >= 0.6 is 0 Å². The number of rotatable bonds is 7. The largest absolute Gasteiger partial charge is 0.497 e. The number of benzene rings is 1. The fourth-order valence-electron chi connectivity index (χ4n) is 1.85. The summed E-state index contributed by atoms with van der Waals surface area (Å²) in [5, 5.41) is 0. The van der Waals surface area contributed by atoms with E-state index < -0.39 is 11.1 Å². The van der Waals surface area contributed by atoms with Crippen LogP contribution in [-0.2, 0) is 17.5 Å². The predicted molar refractivity (Wildman–Crippen MR) is 71.8 cm³/mol. The monoisotopic (exact) mass is 272 g/mol. The molecule has 0 amide bonds. The number of hydrogen-bond acceptors (Lipinski definition) is 3. The molecule has 0 spiro atoms. The van der Waals surface area contributed by atoms with E-state index in [-0.39, 0.29) is 0 Å². The van der Waals surface area contributed by atoms with Gasteiger partial charge >= 0.3 is 0 Å². The maximum Gasteiger partial charge on any atom is 0.190 e. The number of aryl methyl sites for hydroxylation is 1. The molecule has 0 aliphatic carbocycles. The van der Waals surface area contributed by atoms with Crippen molar-refractivity contribution in [1.29, 1.82) is 0 Å². The standard InChI is InChI=1S/C13H20O4S/c1-4-5-6-7-10-8-11(16-2)9-12(17-3)13(10)18(14)15/h8-9H,4-7H2,1-3H3,(H,14,15). The van der Waals surface area contributed by atoms with Crippen LogP contribution in [-0.4, -0.2) is 23.0 Å². The highest BCUT2D eigenvalue weighted by Crippen LogP contribution is 2.32. The van der Waals surface area contributed by atoms with Gasteiger partial charge in [-0.2, -0.15) is 0 Å². The van der Waals surface area contributed by atoms with Crippen LogP contribution in [0.2, 0.25) is 0 Å². The van der Waals surface area contributed by atoms with Crippen molar-refractivity contribution in [3.8, 4) is 11.5 Å². The summed E-state index contributed by atoms with van der Waals surface area (Å²) >= 11 is -2.05. The van der Waals surface area contributed by atoms with Gasteiger partial charge in [0.05, 0.1) is 14.2 Å². The van der Waals surface area contributed by atoms with Gasteiger partial charge in [0.1, 0.15) is 16.4 Å². The molecule has 0 fully saturated rings. The first-order valence-electron chi connectivity index (χ1n) is 5.99. The van der Waals surface area contributed by atoms with Crippen molar-refractivity contribution in [2.75, 3.05) is 14.2 Å². The molecule has 0 radical (unpaired) electrons. The fraction of sp³-hybridized carbons (Fsp3) is 0.538. The first-order valence-corrected chi connectivity index (χ1v) is 7.10. The Labute approximate surface area is 111 Å². The highest BCUT2D eigenvalue weighted by Gasteiger charge is 2.16. The lowest BCUT2D eigenvalue weighted by Crippen LogP contribution is -2.02. The lowest BCUT2D eigenvalue weighted by molar-refractivity contribution is 0.383. The summed E-state index contributed by atoms with van der Waals surface area (Å²) < 4.78 is 31.2. The molecule has 1 rings (SSSR count). The van der Waals surface area contributed by atoms with E-state index in [1.54, 1.807) is 13.2 Å². The Hall–Kier alpha value is -1.07. The van der Waals surface area contributed by atoms with Gasteiger partial charge in [0.25, 0.3) is 0 Å². The molecule has 1 N–H and O–H groups in total. The Morgan fingerprint density at radius 3 is 2.44 bits per heavy atom. The minimum absolute atomic E-state index is 0.356. The Balaban J connectivity index is 3.13. The second kappa shape index (κ2) is 7.38. The Bertz CT molecular complexity index is 418. The second-order valence-corrected chi connectivity index (χ2v) is 4.93. The Morgan fingerprint density at radius 1 is 1.22 bits per heavy atom. The quantitative estimate of drug-likeness (QED) is 0.612. The number of methoxy groups -OCH3 is 2. The molecular formula is C13H20O4S. The van der Waals surface area contributed by atoms with E-state index in [2.05, 4.69) is 6.92 Å². The van der Waals surface area contributed by atoms with E-state index in [1.165, 1.54) is 7.11 Å². The van der Waals surface area contributed by atoms with E-state index in [9.17, 15) is 8.76 Å². The van der Waals surface area contributed by atoms with Crippen LogP contribution in [0.25, 0.3) is 0 Å². The predicted octanol–water partition coefficient (Wildman–Crippen LogP) is 3.02. The van der Waals surface area contributed by atoms with Gasteiger partial charge in [-0.3, -0.25) is 0 Å². The Morgan fingerprint density at radius 2 is 1.94 bits per heavy atom. The summed E-state index contributed by atoms with van der Waals surface area (Å²) in [4.78, 5) is 0.356. The lowest BCUT2D eigenvalue weighted by Gasteiger charge is -2.13. The van der Waals surface area contributed by atoms with Crippen LogP contribution in [0.4, 0.5) is 0 Å². The minimum Gasteiger partial charge on any atom is -0.497 e. The van der Waals surface area contributed by atoms with E-state index in [0.29, 0.717) is 16.4 Å². The molecule has 1 aromatic rings. The van der Waals surface area contributed by atoms with Gasteiger partial charge in [-0.05, 0) is 24.5 Å². The van der Waals surface area contributed by atoms with E-state index >= 15 is 0 Å². The van der Waals surface area contributed by atoms with Crippen molar-refractivity contribution >= 4 is 11.1 Å². The van der Waals surface area contributed by atoms with Gasteiger partial charge in [0, 0.05) is 6.07 Å². The average molecular weight is 272 g/mol. The first-order chi connectivity index (χ1) is 8.63. The van der Waals surface area contributed by atoms with E-state index in [0.717, 1.165) is 31.2 Å². The molecule has 0 aliphatic rings. The lowest BCUT2D eigenvalue weighted by atomic mass is 10.1. The van der Waals surface area contributed by atoms with Gasteiger partial charge in [0.2, 0.25) is 0 Å². The number of ether oxygens (including phenoxy) is 2. The summed E-state index contributed by atoms with van der Waals surface area (Å²) in [6, 6.07) is 3.44. The van der Waals surface area contributed by atoms with Gasteiger partial charge in [-0.25, -0.2) is 4.21 Å². The summed E-state index contributed by atoms with van der Waals surface area (Å²) in [6.45, 7) is 2.12. The van der Waals surface area contributed by atoms with Gasteiger partial charge in [0.15, 0.2) is 11.1 Å². The highest BCUT2D eigenvalue weighted by atomic mass is 32.2. The summed E-state index contributed by atoms with van der Waals surface area (Å²) in [5.74, 6) is 1.05. The van der Waals surface area contributed by atoms with Gasteiger partial charge < -0.3 is 14.0 Å². The van der Waals surface area contributed by atoms with Crippen molar-refractivity contribution < 1.29 is 18.2 Å². The second-order valence-electron chi connectivity index (χ2n) is 4.02. The highest BCUT2D eigenvalue weighted by molar-refractivity contribution is 7.79. The van der Waals surface area contributed by atoms with Gasteiger partial charge in [-0.15, -0.1) is 0 Å². The third kappa shape index (κ3) is 3.71. The van der Waals surface area contributed by atoms with E-state index in [1.807, 2.05) is 6.07 Å². The molecule has 1 unspecified atom stereocenters. The SMILES string of the molecule is CCCCCc1cc(OC)cc(OC)c1S(=O)O. The van der Waals surface area contributed by atoms with Crippen LogP contribution in [0.1, 0.15) is 31.7 Å². The zero-order valence-corrected chi connectivity index (χ0v) is 11.9. The molecule has 0 aromatic heterocycles. The maximum absolute atomic E-state index is 11.4. The summed E-state index contributed by atoms with van der Waals surface area (Å²) in [5.41, 5.74) is 0.820. The summed E-state index contributed by atoms with van der Waals surface area (Å²) in [7, 11) is 3.06. The van der Waals surface area contributed by atoms with Crippen LogP contribution in [0.3, 0.4) is 0 Å². The van der Waals surface area contributed by atoms with Crippen LogP contribution in [0, 0.1) is 0 Å². The number of unbranched alkanes of at least 4 members (excludes halogenated alkanes) is 2. The molecule has 0 saturated heterocycles. The normalized spacial score (nSPS) is 12.2. The molecule has 18 heavy (non-hydrogen) atoms. The summed E-state index contributed by atoms with van der Waals surface area (Å²) in [6.07, 6.45) is 3.94. The van der Waals surface area contributed by atoms with Crippen molar-refractivity contribution in [1.82, 2.24) is 0 Å². The Kier molecular flexibility index (Phi) is 6.15. The molecule has 1 aromatic carbocycles. The first kappa shape index (κ1) is 15.0. The molecule has 5 heteroatoms. The third-order valence-corrected chi connectivity index (χ3v) is 3.60. The van der Waals surface area contributed by atoms with Crippen molar-refractivity contribution in [2.24, 2.45) is 0 Å². The smallest absolute Gasteiger partial charge is 0.190 e. The van der Waals surface area contributed by atoms with Crippen LogP contribution in [0.15, 0.2) is 17.0 Å². The third-order valence-electron chi connectivity index (χ3n) is 2.79. The topological polar surface area (TPSA) is 55.8 Å². The molecule has 4 nitrogen and oxygen atoms in total. The average Bonchev–Trinajstić information content (AvgIpc) is 2.37. The molecule has 0 heterocycles. The zero-order valence-electron chi connectivity index (χ0n) is 11.1. The molecule has 0 saturated carbocycles. The zero-order chi connectivity index (χ0) is 13.5. The van der Waals surface area contributed by atoms with E-state index in [4.69, 9.17) is 9.47 Å². The number of hydrogen-bond donors (Lipinski definition) is 1. The van der Waals surface area contributed by atoms with Crippen molar-refractivity contribution in [2.45, 2.75) is 37.5 Å². The van der Waals surface area contributed by atoms with Gasteiger partial charge in [-0.1, -0.05) is 19.8 Å². The van der Waals surface area contributed by atoms with Crippen LogP contribution in [0.5, 0.6) is 11.5 Å². The van der Waals surface area contributed by atoms with Crippen molar-refractivity contribution in [3.63, 3.8) is 0 Å². The molecule has 1 atom stereocenters. The minimum atomic E-state index is -2.05. The molecule has 0 aliphatic heterocycles. The molecular weight excluding hydrogens is 252 g/mol. The van der Waals surface area contributed by atoms with Crippen LogP contribution < -0.4 is 9.47 Å². The fourth-order valence-corrected chi connectivity index (χ4v) is 2.55. The van der Waals surface area contributed by atoms with Crippen molar-refractivity contribution in [3.05, 3.63) is 17.7 Å². The molecule has 102 valence electrons. The maximum atomic E-state index is 11.4.